The summed E-state index contributed by atoms with van der Waals surface area (Å²) in [5, 5.41) is 13.4. The average Bonchev–Trinajstić information content (AvgIpc) is 2.32. The number of hydrogen-bond acceptors (Lipinski definition) is 3. The Hall–Kier alpha value is -1.62. The predicted molar refractivity (Wildman–Crippen MR) is 70.8 cm³/mol. The monoisotopic (exact) mass is 270 g/mol. The van der Waals surface area contributed by atoms with Crippen molar-refractivity contribution in [3.8, 4) is 0 Å². The molecule has 0 aliphatic rings. The van der Waals surface area contributed by atoms with E-state index in [1.54, 1.807) is 6.07 Å². The lowest BCUT2D eigenvalue weighted by atomic mass is 10.0. The number of anilines is 1. The van der Waals surface area contributed by atoms with E-state index in [1.807, 2.05) is 13.8 Å². The molecule has 5 nitrogen and oxygen atoms in total. The second-order valence-electron chi connectivity index (χ2n) is 3.93. The van der Waals surface area contributed by atoms with Crippen LogP contribution in [0.5, 0.6) is 0 Å². The molecule has 0 saturated carbocycles. The van der Waals surface area contributed by atoms with Gasteiger partial charge in [-0.15, -0.1) is 0 Å². The molecule has 1 aromatic carbocycles. The molecule has 1 N–H and O–H groups in total. The predicted octanol–water partition coefficient (Wildman–Crippen LogP) is 3.62. The first-order chi connectivity index (χ1) is 8.49. The number of rotatable bonds is 5. The molecule has 0 unspecified atom stereocenters. The Bertz CT molecular complexity index is 459. The van der Waals surface area contributed by atoms with Gasteiger partial charge < -0.3 is 5.32 Å². The van der Waals surface area contributed by atoms with E-state index in [9.17, 15) is 14.9 Å². The average molecular weight is 271 g/mol. The minimum Gasteiger partial charge on any atom is -0.326 e. The topological polar surface area (TPSA) is 72.2 Å². The van der Waals surface area contributed by atoms with E-state index in [1.165, 1.54) is 12.1 Å². The molecular formula is C12H15ClN2O3. The molecule has 0 saturated heterocycles. The van der Waals surface area contributed by atoms with Crippen molar-refractivity contribution < 1.29 is 9.72 Å². The number of carbonyl (C=O) groups excluding carboxylic acids is 1. The number of nitrogens with zero attached hydrogens (tertiary/aromatic N) is 1. The van der Waals surface area contributed by atoms with Crippen LogP contribution in [-0.4, -0.2) is 10.8 Å². The third-order valence-electron chi connectivity index (χ3n) is 2.77. The minimum absolute atomic E-state index is 0.0560. The fourth-order valence-corrected chi connectivity index (χ4v) is 1.82. The van der Waals surface area contributed by atoms with Crippen molar-refractivity contribution >= 4 is 28.9 Å². The van der Waals surface area contributed by atoms with Gasteiger partial charge in [0.05, 0.1) is 4.92 Å². The largest absolute Gasteiger partial charge is 0.326 e. The third kappa shape index (κ3) is 3.43. The Morgan fingerprint density at radius 2 is 2.06 bits per heavy atom. The Morgan fingerprint density at radius 1 is 1.44 bits per heavy atom. The highest BCUT2D eigenvalue weighted by Gasteiger charge is 2.17. The number of hydrogen-bond donors (Lipinski definition) is 1. The first-order valence-corrected chi connectivity index (χ1v) is 6.12. The van der Waals surface area contributed by atoms with Crippen LogP contribution in [0.3, 0.4) is 0 Å². The van der Waals surface area contributed by atoms with E-state index >= 15 is 0 Å². The van der Waals surface area contributed by atoms with Crippen LogP contribution in [0.1, 0.15) is 26.7 Å². The van der Waals surface area contributed by atoms with Crippen LogP contribution in [0.15, 0.2) is 18.2 Å². The second-order valence-corrected chi connectivity index (χ2v) is 4.33. The zero-order valence-corrected chi connectivity index (χ0v) is 11.0. The summed E-state index contributed by atoms with van der Waals surface area (Å²) in [5.41, 5.74) is 0.182. The molecule has 0 radical (unpaired) electrons. The van der Waals surface area contributed by atoms with Crippen molar-refractivity contribution in [1.29, 1.82) is 0 Å². The molecule has 0 atom stereocenters. The SMILES string of the molecule is CCC(CC)C(=O)Nc1ccc(Cl)c([N+](=O)[O-])c1. The first kappa shape index (κ1) is 14.4. The second kappa shape index (κ2) is 6.35. The molecular weight excluding hydrogens is 256 g/mol. The van der Waals surface area contributed by atoms with Gasteiger partial charge in [-0.05, 0) is 25.0 Å². The maximum atomic E-state index is 11.8. The van der Waals surface area contributed by atoms with Gasteiger partial charge in [0.25, 0.3) is 5.69 Å². The summed E-state index contributed by atoms with van der Waals surface area (Å²) in [6, 6.07) is 4.22. The molecule has 0 spiro atoms. The lowest BCUT2D eigenvalue weighted by molar-refractivity contribution is -0.384. The highest BCUT2D eigenvalue weighted by Crippen LogP contribution is 2.27. The van der Waals surface area contributed by atoms with E-state index in [-0.39, 0.29) is 22.5 Å². The first-order valence-electron chi connectivity index (χ1n) is 5.74. The smallest absolute Gasteiger partial charge is 0.289 e. The number of nitro benzene ring substituents is 1. The van der Waals surface area contributed by atoms with E-state index < -0.39 is 4.92 Å². The van der Waals surface area contributed by atoms with Gasteiger partial charge in [0.15, 0.2) is 0 Å². The maximum absolute atomic E-state index is 11.8. The number of amides is 1. The molecule has 6 heteroatoms. The van der Waals surface area contributed by atoms with E-state index in [0.717, 1.165) is 12.8 Å². The molecule has 1 amide bonds. The third-order valence-corrected chi connectivity index (χ3v) is 3.09. The Balaban J connectivity index is 2.89. The van der Waals surface area contributed by atoms with Crippen LogP contribution in [0.4, 0.5) is 11.4 Å². The lowest BCUT2D eigenvalue weighted by Gasteiger charge is -2.12. The van der Waals surface area contributed by atoms with Gasteiger partial charge in [-0.3, -0.25) is 14.9 Å². The number of nitrogens with one attached hydrogen (secondary N) is 1. The van der Waals surface area contributed by atoms with Gasteiger partial charge in [-0.2, -0.15) is 0 Å². The van der Waals surface area contributed by atoms with Crippen LogP contribution in [-0.2, 0) is 4.79 Å². The van der Waals surface area contributed by atoms with Crippen LogP contribution < -0.4 is 5.32 Å². The molecule has 1 rings (SSSR count). The maximum Gasteiger partial charge on any atom is 0.289 e. The molecule has 0 bridgehead atoms. The number of nitro groups is 1. The number of benzene rings is 1. The minimum atomic E-state index is -0.574. The van der Waals surface area contributed by atoms with Crippen molar-refractivity contribution in [2.24, 2.45) is 5.92 Å². The standard InChI is InChI=1S/C12H15ClN2O3/c1-3-8(4-2)12(16)14-9-5-6-10(13)11(7-9)15(17)18/h5-8H,3-4H2,1-2H3,(H,14,16). The van der Waals surface area contributed by atoms with Crippen LogP contribution >= 0.6 is 11.6 Å². The van der Waals surface area contributed by atoms with Gasteiger partial charge >= 0.3 is 0 Å². The van der Waals surface area contributed by atoms with Gasteiger partial charge in [0, 0.05) is 17.7 Å². The summed E-state index contributed by atoms with van der Waals surface area (Å²) in [7, 11) is 0. The van der Waals surface area contributed by atoms with Crippen molar-refractivity contribution in [2.45, 2.75) is 26.7 Å². The molecule has 98 valence electrons. The summed E-state index contributed by atoms with van der Waals surface area (Å²) in [5.74, 6) is -0.212. The molecule has 0 heterocycles. The van der Waals surface area contributed by atoms with E-state index in [4.69, 9.17) is 11.6 Å². The van der Waals surface area contributed by atoms with Crippen LogP contribution in [0.25, 0.3) is 0 Å². The van der Waals surface area contributed by atoms with E-state index in [0.29, 0.717) is 5.69 Å². The van der Waals surface area contributed by atoms with E-state index in [2.05, 4.69) is 5.32 Å². The Labute approximate surface area is 110 Å². The summed E-state index contributed by atoms with van der Waals surface area (Å²) in [6.07, 6.45) is 1.47. The van der Waals surface area contributed by atoms with Crippen molar-refractivity contribution in [3.05, 3.63) is 33.3 Å². The molecule has 1 aromatic rings. The fraction of sp³-hybridized carbons (Fsp3) is 0.417. The Kier molecular flexibility index (Phi) is 5.09. The fourth-order valence-electron chi connectivity index (χ4n) is 1.63. The highest BCUT2D eigenvalue weighted by molar-refractivity contribution is 6.32. The lowest BCUT2D eigenvalue weighted by Crippen LogP contribution is -2.21. The zero-order valence-electron chi connectivity index (χ0n) is 10.3. The Morgan fingerprint density at radius 3 is 2.56 bits per heavy atom. The number of carbonyl (C=O) groups is 1. The van der Waals surface area contributed by atoms with Crippen LogP contribution in [0, 0.1) is 16.0 Å². The summed E-state index contributed by atoms with van der Waals surface area (Å²) < 4.78 is 0. The summed E-state index contributed by atoms with van der Waals surface area (Å²) >= 11 is 5.69. The van der Waals surface area contributed by atoms with Gasteiger partial charge in [-0.25, -0.2) is 0 Å². The summed E-state index contributed by atoms with van der Waals surface area (Å²) in [4.78, 5) is 22.0. The number of halogens is 1. The molecule has 0 aromatic heterocycles. The molecule has 18 heavy (non-hydrogen) atoms. The van der Waals surface area contributed by atoms with Crippen LogP contribution in [0.2, 0.25) is 5.02 Å². The van der Waals surface area contributed by atoms with Crippen molar-refractivity contribution in [1.82, 2.24) is 0 Å². The molecule has 0 aliphatic heterocycles. The molecule has 0 aliphatic carbocycles. The quantitative estimate of drug-likeness (QED) is 0.656. The van der Waals surface area contributed by atoms with Crippen molar-refractivity contribution in [2.75, 3.05) is 5.32 Å². The van der Waals surface area contributed by atoms with Gasteiger partial charge in [-0.1, -0.05) is 25.4 Å². The zero-order chi connectivity index (χ0) is 13.7. The highest BCUT2D eigenvalue weighted by atomic mass is 35.5. The van der Waals surface area contributed by atoms with Gasteiger partial charge in [0.1, 0.15) is 5.02 Å². The van der Waals surface area contributed by atoms with Crippen molar-refractivity contribution in [3.63, 3.8) is 0 Å². The summed E-state index contributed by atoms with van der Waals surface area (Å²) in [6.45, 7) is 3.86. The normalized spacial score (nSPS) is 10.4. The molecule has 0 fully saturated rings. The van der Waals surface area contributed by atoms with Gasteiger partial charge in [0.2, 0.25) is 5.91 Å².